The fourth-order valence-corrected chi connectivity index (χ4v) is 2.21. The molecule has 1 fully saturated rings. The summed E-state index contributed by atoms with van der Waals surface area (Å²) in [6.07, 6.45) is -0.375. The summed E-state index contributed by atoms with van der Waals surface area (Å²) in [6, 6.07) is 5.42. The van der Waals surface area contributed by atoms with Gasteiger partial charge in [-0.05, 0) is 28.1 Å². The summed E-state index contributed by atoms with van der Waals surface area (Å²) >= 11 is 8.47. The quantitative estimate of drug-likeness (QED) is 0.649. The molecule has 0 unspecified atom stereocenters. The normalized spacial score (nSPS) is 24.4. The molecule has 1 aliphatic heterocycles. The number of thiocarbonyl (C=S) groups is 1. The van der Waals surface area contributed by atoms with Gasteiger partial charge >= 0.3 is 0 Å². The van der Waals surface area contributed by atoms with Crippen LogP contribution in [0.5, 0.6) is 0 Å². The van der Waals surface area contributed by atoms with E-state index in [1.165, 1.54) is 0 Å². The highest BCUT2D eigenvalue weighted by atomic mass is 79.9. The van der Waals surface area contributed by atoms with Crippen LogP contribution in [0, 0.1) is 0 Å². The zero-order valence-electron chi connectivity index (χ0n) is 8.41. The van der Waals surface area contributed by atoms with Crippen LogP contribution in [-0.2, 0) is 0 Å². The highest BCUT2D eigenvalue weighted by Crippen LogP contribution is 2.14. The smallest absolute Gasteiger partial charge is 0.132 e. The Bertz CT molecular complexity index is 401. The van der Waals surface area contributed by atoms with Crippen LogP contribution in [0.15, 0.2) is 22.8 Å². The summed E-state index contributed by atoms with van der Waals surface area (Å²) in [6.45, 7) is 0.373. The van der Waals surface area contributed by atoms with E-state index in [4.69, 9.17) is 12.2 Å². The third-order valence-corrected chi connectivity index (χ3v) is 3.19. The number of nitrogens with zero attached hydrogens (tertiary/aromatic N) is 1. The molecule has 1 saturated heterocycles. The first-order valence-electron chi connectivity index (χ1n) is 4.96. The molecule has 0 bridgehead atoms. The Balaban J connectivity index is 1.97. The van der Waals surface area contributed by atoms with Crippen LogP contribution in [0.1, 0.15) is 6.42 Å². The average Bonchev–Trinajstić information content (AvgIpc) is 2.65. The number of alkyl halides is 1. The molecule has 0 spiro atoms. The molecule has 1 aliphatic rings. The fourth-order valence-electron chi connectivity index (χ4n) is 1.58. The van der Waals surface area contributed by atoms with Gasteiger partial charge in [-0.25, -0.2) is 9.37 Å². The molecule has 2 heterocycles. The first-order valence-corrected chi connectivity index (χ1v) is 6.16. The van der Waals surface area contributed by atoms with Gasteiger partial charge in [-0.15, -0.1) is 0 Å². The minimum Gasteiger partial charge on any atom is -0.333 e. The van der Waals surface area contributed by atoms with E-state index >= 15 is 0 Å². The molecule has 2 N–H and O–H groups in total. The van der Waals surface area contributed by atoms with Gasteiger partial charge in [-0.2, -0.15) is 0 Å². The van der Waals surface area contributed by atoms with Gasteiger partial charge in [0.2, 0.25) is 0 Å². The van der Waals surface area contributed by atoms with Crippen molar-refractivity contribution in [2.75, 3.05) is 11.9 Å². The summed E-state index contributed by atoms with van der Waals surface area (Å²) in [5, 5.41) is 6.03. The number of anilines is 1. The predicted octanol–water partition coefficient (Wildman–Crippen LogP) is 2.28. The van der Waals surface area contributed by atoms with Crippen molar-refractivity contribution in [3.8, 4) is 0 Å². The summed E-state index contributed by atoms with van der Waals surface area (Å²) < 4.78 is 13.7. The number of rotatable bonds is 2. The van der Waals surface area contributed by atoms with Crippen LogP contribution in [0.25, 0.3) is 0 Å². The molecule has 3 nitrogen and oxygen atoms in total. The minimum atomic E-state index is -0.805. The standard InChI is InChI=1S/C10H11BrFN3S/c11-8-2-1-3-9(14-8)15-10(16)7-4-6(12)5-13-7/h1-3,6-7,13H,4-5H2,(H,14,15,16)/t6-,7+/m1/s1. The lowest BCUT2D eigenvalue weighted by Gasteiger charge is -2.13. The van der Waals surface area contributed by atoms with Gasteiger partial charge in [0.15, 0.2) is 0 Å². The topological polar surface area (TPSA) is 37.0 Å². The van der Waals surface area contributed by atoms with Crippen molar-refractivity contribution < 1.29 is 4.39 Å². The third kappa shape index (κ3) is 2.96. The van der Waals surface area contributed by atoms with Crippen LogP contribution in [-0.4, -0.2) is 28.7 Å². The molecular formula is C10H11BrFN3S. The van der Waals surface area contributed by atoms with Crippen molar-refractivity contribution in [2.45, 2.75) is 18.6 Å². The second-order valence-corrected chi connectivity index (χ2v) is 4.88. The van der Waals surface area contributed by atoms with E-state index in [0.29, 0.717) is 23.8 Å². The molecule has 0 amide bonds. The van der Waals surface area contributed by atoms with Gasteiger partial charge in [-0.3, -0.25) is 0 Å². The summed E-state index contributed by atoms with van der Waals surface area (Å²) in [5.41, 5.74) is 0. The molecule has 16 heavy (non-hydrogen) atoms. The number of halogens is 2. The lowest BCUT2D eigenvalue weighted by molar-refractivity contribution is 0.359. The van der Waals surface area contributed by atoms with E-state index < -0.39 is 6.17 Å². The van der Waals surface area contributed by atoms with Crippen LogP contribution >= 0.6 is 28.1 Å². The maximum atomic E-state index is 13.0. The fraction of sp³-hybridized carbons (Fsp3) is 0.400. The Labute approximate surface area is 107 Å². The molecule has 0 radical (unpaired) electrons. The molecule has 0 aromatic carbocycles. The molecule has 86 valence electrons. The lowest BCUT2D eigenvalue weighted by Crippen LogP contribution is -2.34. The summed E-state index contributed by atoms with van der Waals surface area (Å²) in [4.78, 5) is 4.79. The minimum absolute atomic E-state index is 0.0919. The zero-order valence-corrected chi connectivity index (χ0v) is 10.8. The summed E-state index contributed by atoms with van der Waals surface area (Å²) in [5.74, 6) is 0.670. The molecule has 2 atom stereocenters. The van der Waals surface area contributed by atoms with E-state index in [-0.39, 0.29) is 6.04 Å². The third-order valence-electron chi connectivity index (χ3n) is 2.36. The molecular weight excluding hydrogens is 293 g/mol. The van der Waals surface area contributed by atoms with Crippen LogP contribution in [0.3, 0.4) is 0 Å². The van der Waals surface area contributed by atoms with Crippen LogP contribution in [0.4, 0.5) is 10.2 Å². The SMILES string of the molecule is F[C@H]1CN[C@H](C(=S)Nc2cccc(Br)n2)C1. The largest absolute Gasteiger partial charge is 0.333 e. The highest BCUT2D eigenvalue weighted by Gasteiger charge is 2.26. The first-order chi connectivity index (χ1) is 7.65. The van der Waals surface area contributed by atoms with Crippen LogP contribution in [0.2, 0.25) is 0 Å². The van der Waals surface area contributed by atoms with Crippen molar-refractivity contribution in [1.29, 1.82) is 0 Å². The Morgan fingerprint density at radius 2 is 2.44 bits per heavy atom. The number of hydrogen-bond acceptors (Lipinski definition) is 3. The number of pyridine rings is 1. The Morgan fingerprint density at radius 3 is 3.06 bits per heavy atom. The van der Waals surface area contributed by atoms with Crippen molar-refractivity contribution in [2.24, 2.45) is 0 Å². The van der Waals surface area contributed by atoms with E-state index in [1.807, 2.05) is 18.2 Å². The Morgan fingerprint density at radius 1 is 1.62 bits per heavy atom. The van der Waals surface area contributed by atoms with Crippen molar-refractivity contribution in [3.63, 3.8) is 0 Å². The molecule has 0 aliphatic carbocycles. The number of hydrogen-bond donors (Lipinski definition) is 2. The van der Waals surface area contributed by atoms with E-state index in [9.17, 15) is 4.39 Å². The highest BCUT2D eigenvalue weighted by molar-refractivity contribution is 9.10. The monoisotopic (exact) mass is 303 g/mol. The van der Waals surface area contributed by atoms with Crippen LogP contribution < -0.4 is 10.6 Å². The maximum absolute atomic E-state index is 13.0. The van der Waals surface area contributed by atoms with Gasteiger partial charge in [0.25, 0.3) is 0 Å². The molecule has 2 rings (SSSR count). The van der Waals surface area contributed by atoms with E-state index in [2.05, 4.69) is 31.5 Å². The Hall–Kier alpha value is -0.590. The summed E-state index contributed by atoms with van der Waals surface area (Å²) in [7, 11) is 0. The van der Waals surface area contributed by atoms with E-state index in [1.54, 1.807) is 0 Å². The molecule has 1 aromatic rings. The number of aromatic nitrogens is 1. The van der Waals surface area contributed by atoms with Gasteiger partial charge < -0.3 is 10.6 Å². The number of nitrogens with one attached hydrogen (secondary N) is 2. The van der Waals surface area contributed by atoms with Gasteiger partial charge in [0.05, 0.1) is 11.0 Å². The van der Waals surface area contributed by atoms with Gasteiger partial charge in [0, 0.05) is 13.0 Å². The molecule has 6 heteroatoms. The van der Waals surface area contributed by atoms with Gasteiger partial charge in [0.1, 0.15) is 16.6 Å². The second kappa shape index (κ2) is 5.16. The zero-order chi connectivity index (χ0) is 11.5. The van der Waals surface area contributed by atoms with Crippen molar-refractivity contribution in [3.05, 3.63) is 22.8 Å². The first kappa shape index (κ1) is 11.9. The lowest BCUT2D eigenvalue weighted by atomic mass is 10.2. The predicted molar refractivity (Wildman–Crippen MR) is 69.5 cm³/mol. The average molecular weight is 304 g/mol. The van der Waals surface area contributed by atoms with Gasteiger partial charge in [-0.1, -0.05) is 18.3 Å². The van der Waals surface area contributed by atoms with Crippen molar-refractivity contribution in [1.82, 2.24) is 10.3 Å². The second-order valence-electron chi connectivity index (χ2n) is 3.63. The molecule has 0 saturated carbocycles. The van der Waals surface area contributed by atoms with Crippen molar-refractivity contribution >= 4 is 39.0 Å². The Kier molecular flexibility index (Phi) is 3.83. The van der Waals surface area contributed by atoms with E-state index in [0.717, 1.165) is 4.60 Å². The maximum Gasteiger partial charge on any atom is 0.132 e. The molecule has 1 aromatic heterocycles.